The Morgan fingerprint density at radius 3 is 2.70 bits per heavy atom. The van der Waals surface area contributed by atoms with Crippen molar-refractivity contribution in [2.75, 3.05) is 6.54 Å². The van der Waals surface area contributed by atoms with E-state index in [2.05, 4.69) is 39.7 Å². The van der Waals surface area contributed by atoms with Gasteiger partial charge in [0.2, 0.25) is 0 Å². The monoisotopic (exact) mass is 338 g/mol. The molecule has 0 atom stereocenters. The molecule has 0 spiro atoms. The molecule has 4 heteroatoms. The highest BCUT2D eigenvalue weighted by molar-refractivity contribution is 9.10. The predicted octanol–water partition coefficient (Wildman–Crippen LogP) is 4.28. The molecule has 1 amide bonds. The van der Waals surface area contributed by atoms with Gasteiger partial charge in [-0.15, -0.1) is 0 Å². The number of aromatic nitrogens is 1. The molecule has 0 unspecified atom stereocenters. The van der Waals surface area contributed by atoms with Crippen molar-refractivity contribution in [1.29, 1.82) is 0 Å². The van der Waals surface area contributed by atoms with Gasteiger partial charge in [0.15, 0.2) is 0 Å². The molecule has 0 radical (unpaired) electrons. The Hall–Kier alpha value is -0.900. The molecular weight excluding hydrogens is 316 g/mol. The third kappa shape index (κ3) is 4.05. The molecule has 1 fully saturated rings. The second kappa shape index (κ2) is 7.21. The number of hydrogen-bond donors (Lipinski definition) is 0. The van der Waals surface area contributed by atoms with Crippen LogP contribution in [-0.4, -0.2) is 28.4 Å². The third-order valence-corrected chi connectivity index (χ3v) is 4.36. The van der Waals surface area contributed by atoms with E-state index in [4.69, 9.17) is 0 Å². The van der Waals surface area contributed by atoms with Gasteiger partial charge in [-0.3, -0.25) is 9.78 Å². The van der Waals surface area contributed by atoms with Crippen LogP contribution in [0.3, 0.4) is 0 Å². The highest BCUT2D eigenvalue weighted by Gasteiger charge is 2.27. The van der Waals surface area contributed by atoms with E-state index in [-0.39, 0.29) is 5.91 Å². The van der Waals surface area contributed by atoms with Crippen LogP contribution in [0.5, 0.6) is 0 Å². The molecule has 0 aromatic carbocycles. The summed E-state index contributed by atoms with van der Waals surface area (Å²) in [5.41, 5.74) is 0.690. The van der Waals surface area contributed by atoms with Crippen molar-refractivity contribution in [1.82, 2.24) is 9.88 Å². The van der Waals surface area contributed by atoms with Crippen LogP contribution < -0.4 is 0 Å². The van der Waals surface area contributed by atoms with E-state index in [0.29, 0.717) is 17.5 Å². The van der Waals surface area contributed by atoms with E-state index in [1.165, 1.54) is 12.8 Å². The minimum atomic E-state index is 0.131. The zero-order valence-electron chi connectivity index (χ0n) is 12.3. The Labute approximate surface area is 129 Å². The summed E-state index contributed by atoms with van der Waals surface area (Å²) < 4.78 is 0.860. The smallest absolute Gasteiger partial charge is 0.255 e. The largest absolute Gasteiger partial charge is 0.336 e. The van der Waals surface area contributed by atoms with Crippen molar-refractivity contribution in [3.05, 3.63) is 28.5 Å². The number of carbonyl (C=O) groups is 1. The lowest BCUT2D eigenvalue weighted by atomic mass is 10.1. The van der Waals surface area contributed by atoms with E-state index in [1.54, 1.807) is 12.4 Å². The van der Waals surface area contributed by atoms with E-state index < -0.39 is 0 Å². The zero-order valence-corrected chi connectivity index (χ0v) is 13.9. The molecule has 0 saturated heterocycles. The van der Waals surface area contributed by atoms with Gasteiger partial charge in [-0.2, -0.15) is 0 Å². The minimum absolute atomic E-state index is 0.131. The number of hydrogen-bond acceptors (Lipinski definition) is 2. The first-order valence-electron chi connectivity index (χ1n) is 7.49. The average molecular weight is 339 g/mol. The van der Waals surface area contributed by atoms with Crippen LogP contribution in [0.25, 0.3) is 0 Å². The van der Waals surface area contributed by atoms with E-state index in [1.807, 2.05) is 6.07 Å². The van der Waals surface area contributed by atoms with Crippen molar-refractivity contribution in [2.24, 2.45) is 5.92 Å². The highest BCUT2D eigenvalue weighted by Crippen LogP contribution is 2.26. The fourth-order valence-electron chi connectivity index (χ4n) is 2.76. The molecule has 0 N–H and O–H groups in total. The van der Waals surface area contributed by atoms with Gasteiger partial charge in [-0.05, 0) is 47.2 Å². The van der Waals surface area contributed by atoms with Gasteiger partial charge < -0.3 is 4.90 Å². The Morgan fingerprint density at radius 1 is 1.40 bits per heavy atom. The molecule has 3 nitrogen and oxygen atoms in total. The standard InChI is InChI=1S/C16H23BrN2O/c1-12(2)7-8-19(15-5-3-4-6-15)16(20)13-9-14(17)11-18-10-13/h9-12,15H,3-8H2,1-2H3. The van der Waals surface area contributed by atoms with Crippen LogP contribution in [0.2, 0.25) is 0 Å². The first kappa shape index (κ1) is 15.5. The lowest BCUT2D eigenvalue weighted by Crippen LogP contribution is -2.40. The molecule has 1 aliphatic rings. The van der Waals surface area contributed by atoms with Crippen LogP contribution >= 0.6 is 15.9 Å². The van der Waals surface area contributed by atoms with Crippen LogP contribution in [-0.2, 0) is 0 Å². The second-order valence-electron chi connectivity index (χ2n) is 6.01. The van der Waals surface area contributed by atoms with Crippen molar-refractivity contribution in [3.8, 4) is 0 Å². The minimum Gasteiger partial charge on any atom is -0.336 e. The maximum atomic E-state index is 12.8. The fraction of sp³-hybridized carbons (Fsp3) is 0.625. The normalized spacial score (nSPS) is 15.8. The summed E-state index contributed by atoms with van der Waals surface area (Å²) in [6, 6.07) is 2.28. The lowest BCUT2D eigenvalue weighted by molar-refractivity contribution is 0.0671. The fourth-order valence-corrected chi connectivity index (χ4v) is 3.12. The van der Waals surface area contributed by atoms with Crippen LogP contribution in [0.1, 0.15) is 56.3 Å². The molecule has 1 aromatic heterocycles. The third-order valence-electron chi connectivity index (χ3n) is 3.93. The summed E-state index contributed by atoms with van der Waals surface area (Å²) in [5, 5.41) is 0. The summed E-state index contributed by atoms with van der Waals surface area (Å²) in [6.45, 7) is 5.27. The average Bonchev–Trinajstić information content (AvgIpc) is 2.92. The molecule has 2 rings (SSSR count). The van der Waals surface area contributed by atoms with Gasteiger partial charge in [0.1, 0.15) is 0 Å². The molecule has 0 bridgehead atoms. The Balaban J connectivity index is 2.14. The number of carbonyl (C=O) groups excluding carboxylic acids is 1. The Morgan fingerprint density at radius 2 is 2.10 bits per heavy atom. The number of pyridine rings is 1. The van der Waals surface area contributed by atoms with Crippen molar-refractivity contribution in [2.45, 2.75) is 52.0 Å². The maximum Gasteiger partial charge on any atom is 0.255 e. The first-order chi connectivity index (χ1) is 9.58. The number of nitrogens with zero attached hydrogens (tertiary/aromatic N) is 2. The molecular formula is C16H23BrN2O. The summed E-state index contributed by atoms with van der Waals surface area (Å²) >= 11 is 3.39. The molecule has 1 aliphatic carbocycles. The van der Waals surface area contributed by atoms with Gasteiger partial charge in [0.25, 0.3) is 5.91 Å². The van der Waals surface area contributed by atoms with Gasteiger partial charge in [0.05, 0.1) is 5.56 Å². The summed E-state index contributed by atoms with van der Waals surface area (Å²) in [6.07, 6.45) is 9.22. The zero-order chi connectivity index (χ0) is 14.5. The van der Waals surface area contributed by atoms with Crippen molar-refractivity contribution >= 4 is 21.8 Å². The molecule has 1 heterocycles. The van der Waals surface area contributed by atoms with Crippen molar-refractivity contribution < 1.29 is 4.79 Å². The van der Waals surface area contributed by atoms with Gasteiger partial charge >= 0.3 is 0 Å². The SMILES string of the molecule is CC(C)CCN(C(=O)c1cncc(Br)c1)C1CCCC1. The van der Waals surface area contributed by atoms with Crippen molar-refractivity contribution in [3.63, 3.8) is 0 Å². The molecule has 1 aromatic rings. The molecule has 110 valence electrons. The lowest BCUT2D eigenvalue weighted by Gasteiger charge is -2.29. The molecule has 1 saturated carbocycles. The topological polar surface area (TPSA) is 33.2 Å². The van der Waals surface area contributed by atoms with Crippen LogP contribution in [0, 0.1) is 5.92 Å². The summed E-state index contributed by atoms with van der Waals surface area (Å²) in [4.78, 5) is 19.0. The molecule has 20 heavy (non-hydrogen) atoms. The van der Waals surface area contributed by atoms with Gasteiger partial charge in [-0.1, -0.05) is 26.7 Å². The maximum absolute atomic E-state index is 12.8. The molecule has 0 aliphatic heterocycles. The number of halogens is 1. The summed E-state index contributed by atoms with van der Waals surface area (Å²) in [5.74, 6) is 0.749. The highest BCUT2D eigenvalue weighted by atomic mass is 79.9. The van der Waals surface area contributed by atoms with E-state index in [9.17, 15) is 4.79 Å². The van der Waals surface area contributed by atoms with Crippen LogP contribution in [0.4, 0.5) is 0 Å². The van der Waals surface area contributed by atoms with Gasteiger partial charge in [0, 0.05) is 29.5 Å². The van der Waals surface area contributed by atoms with E-state index >= 15 is 0 Å². The first-order valence-corrected chi connectivity index (χ1v) is 8.28. The second-order valence-corrected chi connectivity index (χ2v) is 6.93. The Kier molecular flexibility index (Phi) is 5.58. The quantitative estimate of drug-likeness (QED) is 0.802. The number of rotatable bonds is 5. The predicted molar refractivity (Wildman–Crippen MR) is 84.7 cm³/mol. The van der Waals surface area contributed by atoms with E-state index in [0.717, 1.165) is 30.3 Å². The Bertz CT molecular complexity index is 456. The van der Waals surface area contributed by atoms with Gasteiger partial charge in [-0.25, -0.2) is 0 Å². The van der Waals surface area contributed by atoms with Crippen LogP contribution in [0.15, 0.2) is 22.9 Å². The number of amides is 1. The summed E-state index contributed by atoms with van der Waals surface area (Å²) in [7, 11) is 0.